The van der Waals surface area contributed by atoms with Crippen LogP contribution in [0.2, 0.25) is 0 Å². The van der Waals surface area contributed by atoms with Crippen molar-refractivity contribution in [2.75, 3.05) is 46.9 Å². The molecule has 0 aliphatic rings. The predicted octanol–water partition coefficient (Wildman–Crippen LogP) is 9.33. The van der Waals surface area contributed by atoms with Crippen molar-refractivity contribution in [3.63, 3.8) is 0 Å². The van der Waals surface area contributed by atoms with Gasteiger partial charge in [0.25, 0.3) is 0 Å². The van der Waals surface area contributed by atoms with Gasteiger partial charge in [0.1, 0.15) is 0 Å². The Balaban J connectivity index is 0.000000215. The number of hydrogen-bond acceptors (Lipinski definition) is 5. The summed E-state index contributed by atoms with van der Waals surface area (Å²) in [5.74, 6) is -0.984. The van der Waals surface area contributed by atoms with Gasteiger partial charge in [-0.3, -0.25) is 19.4 Å². The summed E-state index contributed by atoms with van der Waals surface area (Å²) in [6, 6.07) is 63.4. The van der Waals surface area contributed by atoms with E-state index in [1.165, 1.54) is 33.4 Å². The van der Waals surface area contributed by atoms with E-state index in [9.17, 15) is 9.59 Å². The second-order valence-electron chi connectivity index (χ2n) is 14.2. The molecule has 0 heterocycles. The number of benzene rings is 6. The summed E-state index contributed by atoms with van der Waals surface area (Å²) in [7, 11) is 3.84. The van der Waals surface area contributed by atoms with E-state index in [-0.39, 0.29) is 23.3 Å². The first-order valence-corrected chi connectivity index (χ1v) is 19.4. The van der Waals surface area contributed by atoms with Gasteiger partial charge in [0, 0.05) is 10.8 Å². The molecule has 0 spiro atoms. The third-order valence-electron chi connectivity index (χ3n) is 10.4. The third kappa shape index (κ3) is 10.5. The summed E-state index contributed by atoms with van der Waals surface area (Å²) >= 11 is 0. The number of nitrogens with zero attached hydrogens (tertiary/aromatic N) is 2. The lowest BCUT2D eigenvalue weighted by atomic mass is 9.67. The molecule has 56 heavy (non-hydrogen) atoms. The maximum atomic E-state index is 11.9. The minimum atomic E-state index is -0.803. The molecule has 0 aromatic heterocycles. The van der Waals surface area contributed by atoms with Crippen molar-refractivity contribution in [3.05, 3.63) is 215 Å². The van der Waals surface area contributed by atoms with Crippen LogP contribution in [0.25, 0.3) is 0 Å². The average Bonchev–Trinajstić information content (AvgIpc) is 3.24. The Morgan fingerprint density at radius 1 is 0.464 bits per heavy atom. The minimum absolute atomic E-state index is 0.0362. The van der Waals surface area contributed by atoms with Gasteiger partial charge in [0.2, 0.25) is 0 Å². The summed E-state index contributed by atoms with van der Waals surface area (Å²) in [5.41, 5.74) is 6.76. The maximum absolute atomic E-state index is 11.9. The van der Waals surface area contributed by atoms with Crippen molar-refractivity contribution in [1.82, 2.24) is 9.80 Å². The number of carbonyl (C=O) groups excluding carboxylic acids is 1. The molecule has 6 nitrogen and oxygen atoms in total. The second-order valence-corrected chi connectivity index (χ2v) is 14.2. The number of esters is 1. The quantitative estimate of drug-likeness (QED) is 0.0742. The topological polar surface area (TPSA) is 70.1 Å². The molecule has 6 heteroatoms. The number of likely N-dealkylation sites (N-methyl/N-ethyl adjacent to an activating group) is 2. The number of carboxylic acid groups (broad SMARTS) is 1. The lowest BCUT2D eigenvalue weighted by molar-refractivity contribution is -0.144. The van der Waals surface area contributed by atoms with Gasteiger partial charge in [-0.15, -0.1) is 0 Å². The number of hydrogen-bond donors (Lipinski definition) is 1. The largest absolute Gasteiger partial charge is 0.480 e. The number of carbonyl (C=O) groups is 2. The standard InChI is InChI=1S/C26H29NO2.C24H25NO2/c1-3-29-25(28)21-27(2)20-19-26(22-13-7-4-8-14-22,23-15-9-5-10-16-23)24-17-11-6-12-18-24;1-25(19-23(26)27)18-17-24(20-11-5-2-6-12-20,21-13-7-3-8-14-21)22-15-9-4-10-16-22/h4-18H,3,19-21H2,1-2H3;2-16H,17-19H2,1H3,(H,26,27). The molecule has 6 aromatic rings. The van der Waals surface area contributed by atoms with Gasteiger partial charge in [-0.1, -0.05) is 182 Å². The Morgan fingerprint density at radius 3 is 0.946 bits per heavy atom. The van der Waals surface area contributed by atoms with Crippen LogP contribution in [0, 0.1) is 0 Å². The van der Waals surface area contributed by atoms with Gasteiger partial charge < -0.3 is 9.84 Å². The molecule has 0 aliphatic carbocycles. The van der Waals surface area contributed by atoms with Crippen LogP contribution >= 0.6 is 0 Å². The number of ether oxygens (including phenoxy) is 1. The Hall–Kier alpha value is -5.82. The summed E-state index contributed by atoms with van der Waals surface area (Å²) in [6.45, 7) is 4.01. The van der Waals surface area contributed by atoms with E-state index in [0.717, 1.165) is 19.4 Å². The third-order valence-corrected chi connectivity index (χ3v) is 10.4. The molecular weight excluding hydrogens is 693 g/mol. The van der Waals surface area contributed by atoms with Gasteiger partial charge >= 0.3 is 11.9 Å². The van der Waals surface area contributed by atoms with Crippen molar-refractivity contribution < 1.29 is 19.4 Å². The molecule has 0 saturated carbocycles. The van der Waals surface area contributed by atoms with Crippen LogP contribution in [0.1, 0.15) is 53.1 Å². The fourth-order valence-corrected chi connectivity index (χ4v) is 7.74. The predicted molar refractivity (Wildman–Crippen MR) is 227 cm³/mol. The highest BCUT2D eigenvalue weighted by molar-refractivity contribution is 5.71. The molecule has 1 N–H and O–H groups in total. The van der Waals surface area contributed by atoms with Crippen LogP contribution in [0.5, 0.6) is 0 Å². The highest BCUT2D eigenvalue weighted by atomic mass is 16.5. The first-order chi connectivity index (χ1) is 27.3. The number of rotatable bonds is 17. The summed E-state index contributed by atoms with van der Waals surface area (Å²) in [4.78, 5) is 26.9. The molecule has 0 fully saturated rings. The van der Waals surface area contributed by atoms with Gasteiger partial charge in [-0.05, 0) is 80.3 Å². The lowest BCUT2D eigenvalue weighted by Crippen LogP contribution is -2.36. The van der Waals surface area contributed by atoms with Crippen LogP contribution < -0.4 is 0 Å². The molecule has 0 radical (unpaired) electrons. The van der Waals surface area contributed by atoms with E-state index >= 15 is 0 Å². The van der Waals surface area contributed by atoms with Crippen LogP contribution in [0.15, 0.2) is 182 Å². The lowest BCUT2D eigenvalue weighted by Gasteiger charge is -2.37. The van der Waals surface area contributed by atoms with Gasteiger partial charge in [-0.2, -0.15) is 0 Å². The van der Waals surface area contributed by atoms with Crippen molar-refractivity contribution in [2.24, 2.45) is 0 Å². The van der Waals surface area contributed by atoms with E-state index in [1.807, 2.05) is 49.0 Å². The normalized spacial score (nSPS) is 11.4. The highest BCUT2D eigenvalue weighted by Crippen LogP contribution is 2.43. The number of aliphatic carboxylic acids is 1. The maximum Gasteiger partial charge on any atom is 0.320 e. The molecule has 288 valence electrons. The summed E-state index contributed by atoms with van der Waals surface area (Å²) in [6.07, 6.45) is 1.63. The summed E-state index contributed by atoms with van der Waals surface area (Å²) in [5, 5.41) is 9.12. The zero-order chi connectivity index (χ0) is 39.6. The first-order valence-electron chi connectivity index (χ1n) is 19.4. The first kappa shape index (κ1) is 41.3. The van der Waals surface area contributed by atoms with Crippen LogP contribution in [0.3, 0.4) is 0 Å². The SMILES string of the molecule is CCOC(=O)CN(C)CCC(c1ccccc1)(c1ccccc1)c1ccccc1.CN(CCC(c1ccccc1)(c1ccccc1)c1ccccc1)CC(=O)O. The molecule has 0 atom stereocenters. The van der Waals surface area contributed by atoms with Crippen LogP contribution in [-0.2, 0) is 25.2 Å². The van der Waals surface area contributed by atoms with Crippen LogP contribution in [-0.4, -0.2) is 73.7 Å². The summed E-state index contributed by atoms with van der Waals surface area (Å²) < 4.78 is 5.12. The molecular formula is C50H54N2O4. The number of carboxylic acids is 1. The van der Waals surface area contributed by atoms with Gasteiger partial charge in [0.15, 0.2) is 0 Å². The Kier molecular flexibility index (Phi) is 15.3. The average molecular weight is 747 g/mol. The molecule has 0 amide bonds. The Labute approximate surface area is 333 Å². The van der Waals surface area contributed by atoms with E-state index in [0.29, 0.717) is 19.7 Å². The fraction of sp³-hybridized carbons (Fsp3) is 0.240. The molecule has 0 bridgehead atoms. The van der Waals surface area contributed by atoms with E-state index in [1.54, 1.807) is 0 Å². The highest BCUT2D eigenvalue weighted by Gasteiger charge is 2.37. The van der Waals surface area contributed by atoms with Crippen molar-refractivity contribution in [3.8, 4) is 0 Å². The second kappa shape index (κ2) is 20.7. The van der Waals surface area contributed by atoms with E-state index < -0.39 is 5.97 Å². The van der Waals surface area contributed by atoms with Gasteiger partial charge in [-0.25, -0.2) is 0 Å². The van der Waals surface area contributed by atoms with Crippen molar-refractivity contribution >= 4 is 11.9 Å². The molecule has 6 aromatic carbocycles. The molecule has 0 saturated heterocycles. The van der Waals surface area contributed by atoms with Gasteiger partial charge in [0.05, 0.1) is 19.7 Å². The zero-order valence-electron chi connectivity index (χ0n) is 32.8. The smallest absolute Gasteiger partial charge is 0.320 e. The van der Waals surface area contributed by atoms with E-state index in [2.05, 4.69) is 164 Å². The van der Waals surface area contributed by atoms with Crippen molar-refractivity contribution in [2.45, 2.75) is 30.6 Å². The molecule has 0 unspecified atom stereocenters. The molecule has 6 rings (SSSR count). The Bertz CT molecular complexity index is 1830. The monoisotopic (exact) mass is 746 g/mol. The fourth-order valence-electron chi connectivity index (χ4n) is 7.74. The zero-order valence-corrected chi connectivity index (χ0v) is 32.8. The van der Waals surface area contributed by atoms with Crippen LogP contribution in [0.4, 0.5) is 0 Å². The molecule has 0 aliphatic heterocycles. The Morgan fingerprint density at radius 2 is 0.714 bits per heavy atom. The van der Waals surface area contributed by atoms with E-state index in [4.69, 9.17) is 9.84 Å². The van der Waals surface area contributed by atoms with Crippen molar-refractivity contribution in [1.29, 1.82) is 0 Å². The minimum Gasteiger partial charge on any atom is -0.480 e.